The van der Waals surface area contributed by atoms with Gasteiger partial charge in [0.05, 0.1) is 0 Å². The molecule has 0 spiro atoms. The van der Waals surface area contributed by atoms with Gasteiger partial charge in [-0.25, -0.2) is 0 Å². The maximum absolute atomic E-state index is 5.69. The Morgan fingerprint density at radius 3 is 1.41 bits per heavy atom. The lowest BCUT2D eigenvalue weighted by Gasteiger charge is -2.40. The number of rotatable bonds is 9. The van der Waals surface area contributed by atoms with Crippen molar-refractivity contribution in [2.75, 3.05) is 28.4 Å². The molecule has 0 unspecified atom stereocenters. The summed E-state index contributed by atoms with van der Waals surface area (Å²) < 4.78 is 22.7. The van der Waals surface area contributed by atoms with Crippen LogP contribution in [0.4, 0.5) is 0 Å². The number of unbranched alkanes of at least 4 members (excludes halogenated alkanes) is 1. The van der Waals surface area contributed by atoms with Crippen LogP contribution in [0.1, 0.15) is 26.2 Å². The van der Waals surface area contributed by atoms with Crippen LogP contribution in [0.5, 0.6) is 0 Å². The molecule has 0 saturated heterocycles. The molecule has 0 bridgehead atoms. The largest absolute Gasteiger partial charge is 0.398 e. The molecule has 0 aliphatic carbocycles. The maximum Gasteiger partial charge on any atom is 0.339 e. The van der Waals surface area contributed by atoms with E-state index in [1.807, 2.05) is 0 Å². The Labute approximate surface area is 108 Å². The van der Waals surface area contributed by atoms with Gasteiger partial charge in [0.2, 0.25) is 0 Å². The van der Waals surface area contributed by atoms with Crippen molar-refractivity contribution in [1.82, 2.24) is 0 Å². The molecule has 6 heteroatoms. The van der Waals surface area contributed by atoms with E-state index in [1.165, 1.54) is 0 Å². The molecule has 0 amide bonds. The summed E-state index contributed by atoms with van der Waals surface area (Å²) in [5.74, 6) is 0. The summed E-state index contributed by atoms with van der Waals surface area (Å²) in [7, 11) is 2.46. The first-order chi connectivity index (χ1) is 7.94. The minimum absolute atomic E-state index is 0.278. The zero-order valence-electron chi connectivity index (χ0n) is 12.3. The molecule has 0 N–H and O–H groups in total. The Morgan fingerprint density at radius 2 is 1.18 bits per heavy atom. The molecular formula is C11H28O4Si2. The Kier molecular flexibility index (Phi) is 7.78. The van der Waals surface area contributed by atoms with Gasteiger partial charge in [-0.3, -0.25) is 0 Å². The van der Waals surface area contributed by atoms with Gasteiger partial charge in [-0.1, -0.05) is 19.8 Å². The van der Waals surface area contributed by atoms with E-state index in [1.54, 1.807) is 28.4 Å². The third-order valence-electron chi connectivity index (χ3n) is 3.73. The second-order valence-electron chi connectivity index (χ2n) is 4.54. The summed E-state index contributed by atoms with van der Waals surface area (Å²) in [6.45, 7) is 6.38. The number of hydrogen-bond acceptors (Lipinski definition) is 4. The fourth-order valence-corrected chi connectivity index (χ4v) is 10.3. The standard InChI is InChI=1S/C11H28O4Si2/c1-8-9-10-11(16(6,12-2)13-3)17(7,14-4)15-5/h11H,8-10H2,1-7H3. The molecule has 0 radical (unpaired) electrons. The lowest BCUT2D eigenvalue weighted by atomic mass is 10.3. The fourth-order valence-electron chi connectivity index (χ4n) is 2.14. The highest BCUT2D eigenvalue weighted by molar-refractivity contribution is 6.87. The Balaban J connectivity index is 5.09. The van der Waals surface area contributed by atoms with E-state index in [0.29, 0.717) is 0 Å². The van der Waals surface area contributed by atoms with E-state index < -0.39 is 17.1 Å². The zero-order valence-corrected chi connectivity index (χ0v) is 14.3. The van der Waals surface area contributed by atoms with Gasteiger partial charge in [-0.15, -0.1) is 0 Å². The molecule has 0 rings (SSSR count). The molecule has 0 fully saturated rings. The van der Waals surface area contributed by atoms with Gasteiger partial charge in [0.25, 0.3) is 0 Å². The van der Waals surface area contributed by atoms with Crippen LogP contribution in [-0.2, 0) is 17.7 Å². The lowest BCUT2D eigenvalue weighted by Crippen LogP contribution is -2.56. The molecule has 0 heterocycles. The van der Waals surface area contributed by atoms with Crippen molar-refractivity contribution < 1.29 is 17.7 Å². The van der Waals surface area contributed by atoms with Crippen molar-refractivity contribution >= 4 is 17.1 Å². The minimum Gasteiger partial charge on any atom is -0.398 e. The zero-order chi connectivity index (χ0) is 13.5. The van der Waals surface area contributed by atoms with Crippen LogP contribution in [0, 0.1) is 0 Å². The van der Waals surface area contributed by atoms with Crippen LogP contribution in [0.3, 0.4) is 0 Å². The van der Waals surface area contributed by atoms with Crippen LogP contribution < -0.4 is 0 Å². The minimum atomic E-state index is -2.23. The van der Waals surface area contributed by atoms with Gasteiger partial charge >= 0.3 is 17.1 Å². The first kappa shape index (κ1) is 17.3. The molecule has 17 heavy (non-hydrogen) atoms. The maximum atomic E-state index is 5.69. The Morgan fingerprint density at radius 1 is 0.824 bits per heavy atom. The number of hydrogen-bond donors (Lipinski definition) is 0. The molecule has 0 saturated carbocycles. The molecular weight excluding hydrogens is 252 g/mol. The predicted molar refractivity (Wildman–Crippen MR) is 74.5 cm³/mol. The average molecular weight is 281 g/mol. The summed E-state index contributed by atoms with van der Waals surface area (Å²) in [5, 5.41) is 0.278. The Hall–Kier alpha value is 0.274. The summed E-state index contributed by atoms with van der Waals surface area (Å²) in [6.07, 6.45) is 3.35. The van der Waals surface area contributed by atoms with Gasteiger partial charge in [-0.05, 0) is 19.5 Å². The van der Waals surface area contributed by atoms with E-state index in [2.05, 4.69) is 20.0 Å². The molecule has 0 aliphatic heterocycles. The first-order valence-electron chi connectivity index (χ1n) is 6.14. The molecule has 104 valence electrons. The summed E-state index contributed by atoms with van der Waals surface area (Å²) in [6, 6.07) is 0. The van der Waals surface area contributed by atoms with Gasteiger partial charge in [-0.2, -0.15) is 0 Å². The third kappa shape index (κ3) is 4.15. The van der Waals surface area contributed by atoms with E-state index in [-0.39, 0.29) is 5.16 Å². The van der Waals surface area contributed by atoms with Crippen molar-refractivity contribution in [2.45, 2.75) is 44.4 Å². The molecule has 4 nitrogen and oxygen atoms in total. The van der Waals surface area contributed by atoms with E-state index >= 15 is 0 Å². The van der Waals surface area contributed by atoms with Gasteiger partial charge < -0.3 is 17.7 Å². The van der Waals surface area contributed by atoms with Crippen LogP contribution in [0.15, 0.2) is 0 Å². The fraction of sp³-hybridized carbons (Fsp3) is 1.00. The molecule has 0 atom stereocenters. The van der Waals surface area contributed by atoms with Crippen LogP contribution in [0.25, 0.3) is 0 Å². The van der Waals surface area contributed by atoms with Crippen molar-refractivity contribution in [3.63, 3.8) is 0 Å². The SMILES string of the molecule is CCCCC([Si](C)(OC)OC)[Si](C)(OC)OC. The lowest BCUT2D eigenvalue weighted by molar-refractivity contribution is 0.206. The highest BCUT2D eigenvalue weighted by Gasteiger charge is 2.53. The average Bonchev–Trinajstić information content (AvgIpc) is 2.38. The Bertz CT molecular complexity index is 188. The van der Waals surface area contributed by atoms with Gasteiger partial charge in [0, 0.05) is 33.6 Å². The van der Waals surface area contributed by atoms with E-state index in [4.69, 9.17) is 17.7 Å². The van der Waals surface area contributed by atoms with Crippen molar-refractivity contribution in [3.8, 4) is 0 Å². The second-order valence-corrected chi connectivity index (χ2v) is 12.2. The third-order valence-corrected chi connectivity index (χ3v) is 13.2. The topological polar surface area (TPSA) is 36.9 Å². The molecule has 0 aromatic carbocycles. The monoisotopic (exact) mass is 280 g/mol. The van der Waals surface area contributed by atoms with Gasteiger partial charge in [0.15, 0.2) is 0 Å². The molecule has 0 aromatic heterocycles. The van der Waals surface area contributed by atoms with E-state index in [9.17, 15) is 0 Å². The smallest absolute Gasteiger partial charge is 0.339 e. The van der Waals surface area contributed by atoms with Crippen molar-refractivity contribution in [3.05, 3.63) is 0 Å². The highest BCUT2D eigenvalue weighted by atomic mass is 28.4. The predicted octanol–water partition coefficient (Wildman–Crippen LogP) is 2.82. The second kappa shape index (κ2) is 7.65. The summed E-state index contributed by atoms with van der Waals surface area (Å²) in [4.78, 5) is 0. The van der Waals surface area contributed by atoms with Crippen molar-refractivity contribution in [1.29, 1.82) is 0 Å². The first-order valence-corrected chi connectivity index (χ1v) is 10.9. The van der Waals surface area contributed by atoms with Crippen LogP contribution >= 0.6 is 0 Å². The molecule has 0 aliphatic rings. The normalized spacial score (nSPS) is 13.4. The summed E-state index contributed by atoms with van der Waals surface area (Å²) in [5.41, 5.74) is 0. The summed E-state index contributed by atoms with van der Waals surface area (Å²) >= 11 is 0. The van der Waals surface area contributed by atoms with Crippen LogP contribution in [-0.4, -0.2) is 45.6 Å². The highest BCUT2D eigenvalue weighted by Crippen LogP contribution is 2.37. The quantitative estimate of drug-likeness (QED) is 0.609. The van der Waals surface area contributed by atoms with Gasteiger partial charge in [0.1, 0.15) is 0 Å². The van der Waals surface area contributed by atoms with E-state index in [0.717, 1.165) is 19.3 Å². The van der Waals surface area contributed by atoms with Crippen LogP contribution in [0.2, 0.25) is 18.3 Å². The molecule has 0 aromatic rings. The van der Waals surface area contributed by atoms with Crippen molar-refractivity contribution in [2.24, 2.45) is 0 Å².